The minimum Gasteiger partial charge on any atom is -0.394 e. The van der Waals surface area contributed by atoms with E-state index in [2.05, 4.69) is 20.3 Å². The molecular weight excluding hydrogens is 356 g/mol. The minimum absolute atomic E-state index is 0.110. The number of fused-ring (bicyclic) bond motifs is 1. The molecule has 1 fully saturated rings. The topological polar surface area (TPSA) is 168 Å². The molecule has 11 nitrogen and oxygen atoms in total. The lowest BCUT2D eigenvalue weighted by atomic mass is 10.1. The Balaban J connectivity index is 1.97. The van der Waals surface area contributed by atoms with Crippen molar-refractivity contribution in [3.05, 3.63) is 22.5 Å². The normalized spacial score (nSPS) is 26.4. The van der Waals surface area contributed by atoms with Gasteiger partial charge >= 0.3 is 0 Å². The third-order valence-electron chi connectivity index (χ3n) is 4.62. The van der Waals surface area contributed by atoms with E-state index in [9.17, 15) is 19.8 Å². The molecule has 0 saturated carbocycles. The summed E-state index contributed by atoms with van der Waals surface area (Å²) in [5.41, 5.74) is 5.81. The Labute approximate surface area is 154 Å². The number of aromatic nitrogens is 4. The molecule has 0 aromatic carbocycles. The lowest BCUT2D eigenvalue weighted by Gasteiger charge is -2.24. The van der Waals surface area contributed by atoms with Gasteiger partial charge in [-0.3, -0.25) is 14.2 Å². The number of nitrogens with zero attached hydrogens (tertiary/aromatic N) is 3. The number of carbonyl (C=O) groups excluding carboxylic acids is 1. The van der Waals surface area contributed by atoms with Gasteiger partial charge in [0.1, 0.15) is 24.1 Å². The van der Waals surface area contributed by atoms with Crippen molar-refractivity contribution in [2.24, 2.45) is 5.73 Å². The number of rotatable bonds is 6. The average Bonchev–Trinajstić information content (AvgIpc) is 3.17. The summed E-state index contributed by atoms with van der Waals surface area (Å²) in [4.78, 5) is 35.3. The second-order valence-electron chi connectivity index (χ2n) is 6.64. The Morgan fingerprint density at radius 1 is 1.56 bits per heavy atom. The zero-order valence-electron chi connectivity index (χ0n) is 15.1. The molecule has 0 bridgehead atoms. The van der Waals surface area contributed by atoms with E-state index >= 15 is 0 Å². The number of H-pyrrole nitrogens is 1. The van der Waals surface area contributed by atoms with Crippen LogP contribution in [0.25, 0.3) is 11.2 Å². The minimum atomic E-state index is -1.17. The zero-order chi connectivity index (χ0) is 19.7. The van der Waals surface area contributed by atoms with Crippen molar-refractivity contribution >= 4 is 17.1 Å². The molecule has 1 aliphatic heterocycles. The highest BCUT2D eigenvalue weighted by Gasteiger charge is 2.46. The van der Waals surface area contributed by atoms with E-state index in [4.69, 9.17) is 10.5 Å². The fourth-order valence-electron chi connectivity index (χ4n) is 3.23. The molecule has 2 unspecified atom stereocenters. The molecular formula is C16H24N6O5. The van der Waals surface area contributed by atoms with Gasteiger partial charge in [0.25, 0.3) is 5.56 Å². The third-order valence-corrected chi connectivity index (χ3v) is 4.62. The van der Waals surface area contributed by atoms with Crippen LogP contribution in [0.15, 0.2) is 11.1 Å². The summed E-state index contributed by atoms with van der Waals surface area (Å²) in [5, 5.41) is 22.7. The maximum Gasteiger partial charge on any atom is 0.279 e. The lowest BCUT2D eigenvalue weighted by Crippen LogP contribution is -2.51. The van der Waals surface area contributed by atoms with Crippen molar-refractivity contribution in [2.75, 3.05) is 6.61 Å². The zero-order valence-corrected chi connectivity index (χ0v) is 15.1. The predicted octanol–water partition coefficient (Wildman–Crippen LogP) is -1.71. The molecule has 11 heteroatoms. The summed E-state index contributed by atoms with van der Waals surface area (Å²) in [6.45, 7) is 3.10. The van der Waals surface area contributed by atoms with Crippen molar-refractivity contribution in [1.82, 2.24) is 24.8 Å². The first-order chi connectivity index (χ1) is 12.9. The number of aliphatic hydroxyl groups is 2. The first kappa shape index (κ1) is 19.4. The highest BCUT2D eigenvalue weighted by molar-refractivity contribution is 5.82. The van der Waals surface area contributed by atoms with Crippen molar-refractivity contribution in [3.63, 3.8) is 0 Å². The molecule has 1 saturated heterocycles. The first-order valence-electron chi connectivity index (χ1n) is 8.81. The van der Waals surface area contributed by atoms with Gasteiger partial charge in [0.05, 0.1) is 19.0 Å². The summed E-state index contributed by atoms with van der Waals surface area (Å²) in [6.07, 6.45) is -0.406. The van der Waals surface area contributed by atoms with Crippen LogP contribution in [0.5, 0.6) is 0 Å². The molecule has 1 aliphatic rings. The number of nitrogens with two attached hydrogens (primary N) is 1. The van der Waals surface area contributed by atoms with E-state index in [1.165, 1.54) is 10.9 Å². The molecule has 2 aromatic heterocycles. The van der Waals surface area contributed by atoms with Gasteiger partial charge in [0, 0.05) is 0 Å². The molecule has 3 rings (SSSR count). The Morgan fingerprint density at radius 2 is 2.30 bits per heavy atom. The van der Waals surface area contributed by atoms with Crippen LogP contribution in [0.4, 0.5) is 0 Å². The van der Waals surface area contributed by atoms with Crippen molar-refractivity contribution in [3.8, 4) is 0 Å². The van der Waals surface area contributed by atoms with Crippen LogP contribution < -0.4 is 16.6 Å². The van der Waals surface area contributed by atoms with Gasteiger partial charge in [-0.05, 0) is 13.3 Å². The smallest absolute Gasteiger partial charge is 0.279 e. The van der Waals surface area contributed by atoms with E-state index in [0.717, 1.165) is 6.42 Å². The van der Waals surface area contributed by atoms with Crippen LogP contribution >= 0.6 is 0 Å². The summed E-state index contributed by atoms with van der Waals surface area (Å²) in [7, 11) is 0. The highest BCUT2D eigenvalue weighted by Crippen LogP contribution is 2.31. The van der Waals surface area contributed by atoms with E-state index in [1.807, 2.05) is 6.92 Å². The Bertz CT molecular complexity index is 880. The Hall–Kier alpha value is -2.34. The quantitative estimate of drug-likeness (QED) is 0.395. The van der Waals surface area contributed by atoms with Crippen LogP contribution in [0, 0.1) is 6.92 Å². The SMILES string of the molecule is CCCC(N)C(=O)NC1[C@@H](O)[C@@H](CO)O[C@H]1n1cnc2c(=O)[nH]c(C)nc21. The van der Waals surface area contributed by atoms with E-state index in [1.54, 1.807) is 6.92 Å². The van der Waals surface area contributed by atoms with Crippen LogP contribution in [0.3, 0.4) is 0 Å². The molecule has 1 amide bonds. The Morgan fingerprint density at radius 3 is 2.96 bits per heavy atom. The number of aromatic amines is 1. The summed E-state index contributed by atoms with van der Waals surface area (Å²) in [6, 6.07) is -1.62. The van der Waals surface area contributed by atoms with E-state index in [-0.39, 0.29) is 11.2 Å². The second-order valence-corrected chi connectivity index (χ2v) is 6.64. The molecule has 0 spiro atoms. The van der Waals surface area contributed by atoms with Crippen molar-refractivity contribution in [2.45, 2.75) is 57.2 Å². The van der Waals surface area contributed by atoms with Crippen LogP contribution in [0.2, 0.25) is 0 Å². The maximum atomic E-state index is 12.4. The van der Waals surface area contributed by atoms with Gasteiger partial charge in [-0.2, -0.15) is 0 Å². The molecule has 3 heterocycles. The molecule has 27 heavy (non-hydrogen) atoms. The number of amides is 1. The van der Waals surface area contributed by atoms with Gasteiger partial charge in [-0.1, -0.05) is 13.3 Å². The number of nitrogens with one attached hydrogen (secondary N) is 2. The van der Waals surface area contributed by atoms with Crippen LogP contribution in [0.1, 0.15) is 31.8 Å². The average molecular weight is 380 g/mol. The standard InChI is InChI=1S/C16H24N6O5/c1-3-4-8(17)14(25)21-10-12(24)9(5-23)27-16(10)22-6-18-11-13(22)19-7(2)20-15(11)26/h6,8-10,12,16,23-24H,3-5,17H2,1-2H3,(H,21,25)(H,19,20,26)/t8?,9-,10?,12+,16-/m1/s1. The van der Waals surface area contributed by atoms with Gasteiger partial charge in [0.15, 0.2) is 17.4 Å². The number of hydrogen-bond acceptors (Lipinski definition) is 8. The highest BCUT2D eigenvalue weighted by atomic mass is 16.5. The molecule has 0 radical (unpaired) electrons. The fraction of sp³-hybridized carbons (Fsp3) is 0.625. The largest absolute Gasteiger partial charge is 0.394 e. The maximum absolute atomic E-state index is 12.4. The van der Waals surface area contributed by atoms with Gasteiger partial charge in [0.2, 0.25) is 5.91 Å². The van der Waals surface area contributed by atoms with Crippen LogP contribution in [-0.2, 0) is 9.53 Å². The summed E-state index contributed by atoms with van der Waals surface area (Å²) < 4.78 is 7.19. The fourth-order valence-corrected chi connectivity index (χ4v) is 3.23. The monoisotopic (exact) mass is 380 g/mol. The summed E-state index contributed by atoms with van der Waals surface area (Å²) >= 11 is 0. The van der Waals surface area contributed by atoms with Crippen molar-refractivity contribution < 1.29 is 19.7 Å². The summed E-state index contributed by atoms with van der Waals surface area (Å²) in [5.74, 6) is -0.0449. The number of aliphatic hydroxyl groups excluding tert-OH is 2. The van der Waals surface area contributed by atoms with Crippen LogP contribution in [-0.4, -0.2) is 66.5 Å². The number of imidazole rings is 1. The molecule has 2 aromatic rings. The van der Waals surface area contributed by atoms with E-state index < -0.39 is 48.6 Å². The first-order valence-corrected chi connectivity index (χ1v) is 8.81. The third kappa shape index (κ3) is 3.58. The van der Waals surface area contributed by atoms with Gasteiger partial charge in [-0.15, -0.1) is 0 Å². The number of carbonyl (C=O) groups is 1. The number of ether oxygens (including phenoxy) is 1. The Kier molecular flexibility index (Phi) is 5.56. The second kappa shape index (κ2) is 7.72. The van der Waals surface area contributed by atoms with Gasteiger partial charge in [-0.25, -0.2) is 9.97 Å². The molecule has 0 aliphatic carbocycles. The predicted molar refractivity (Wildman–Crippen MR) is 94.7 cm³/mol. The molecule has 6 N–H and O–H groups in total. The number of aryl methyl sites for hydroxylation is 1. The molecule has 5 atom stereocenters. The molecule has 148 valence electrons. The van der Waals surface area contributed by atoms with E-state index in [0.29, 0.717) is 12.2 Å². The van der Waals surface area contributed by atoms with Crippen molar-refractivity contribution in [1.29, 1.82) is 0 Å². The van der Waals surface area contributed by atoms with Gasteiger partial charge < -0.3 is 31.0 Å². The number of hydrogen-bond donors (Lipinski definition) is 5. The lowest BCUT2D eigenvalue weighted by molar-refractivity contribution is -0.124.